The number of nitrogens with one attached hydrogen (secondary N) is 1. The molecule has 5 heteroatoms. The van der Waals surface area contributed by atoms with E-state index in [1.807, 2.05) is 13.8 Å². The minimum atomic E-state index is -3.12. The maximum atomic E-state index is 11.8. The van der Waals surface area contributed by atoms with Gasteiger partial charge in [-0.2, -0.15) is 0 Å². The van der Waals surface area contributed by atoms with Crippen LogP contribution >= 0.6 is 0 Å². The highest BCUT2D eigenvalue weighted by Crippen LogP contribution is 2.21. The Balaban J connectivity index is 4.77. The highest BCUT2D eigenvalue weighted by atomic mass is 32.2. The highest BCUT2D eigenvalue weighted by Gasteiger charge is 2.38. The SMILES string of the molecule is CCCNC(COC(C)C)C(C)(C)S(C)(=O)=O. The van der Waals surface area contributed by atoms with E-state index in [2.05, 4.69) is 12.2 Å². The van der Waals surface area contributed by atoms with Crippen LogP contribution in [-0.4, -0.2) is 44.7 Å². The van der Waals surface area contributed by atoms with Crippen molar-refractivity contribution in [3.8, 4) is 0 Å². The average molecular weight is 265 g/mol. The molecule has 0 heterocycles. The Labute approximate surface area is 106 Å². The van der Waals surface area contributed by atoms with Gasteiger partial charge in [0.15, 0.2) is 9.84 Å². The summed E-state index contributed by atoms with van der Waals surface area (Å²) in [6.07, 6.45) is 2.36. The zero-order valence-corrected chi connectivity index (χ0v) is 12.7. The molecule has 0 rings (SSSR count). The summed E-state index contributed by atoms with van der Waals surface area (Å²) < 4.78 is 28.3. The van der Waals surface area contributed by atoms with Gasteiger partial charge in [0.1, 0.15) is 0 Å². The van der Waals surface area contributed by atoms with Gasteiger partial charge in [0.25, 0.3) is 0 Å². The molecule has 0 aromatic carbocycles. The van der Waals surface area contributed by atoms with E-state index in [9.17, 15) is 8.42 Å². The fraction of sp³-hybridized carbons (Fsp3) is 1.00. The topological polar surface area (TPSA) is 55.4 Å². The molecular weight excluding hydrogens is 238 g/mol. The van der Waals surface area contributed by atoms with Crippen LogP contribution in [0.1, 0.15) is 41.0 Å². The number of hydrogen-bond donors (Lipinski definition) is 1. The normalized spacial score (nSPS) is 15.2. The van der Waals surface area contributed by atoms with Crippen molar-refractivity contribution < 1.29 is 13.2 Å². The molecule has 1 unspecified atom stereocenters. The van der Waals surface area contributed by atoms with E-state index >= 15 is 0 Å². The minimum Gasteiger partial charge on any atom is -0.377 e. The van der Waals surface area contributed by atoms with Gasteiger partial charge in [-0.3, -0.25) is 0 Å². The number of hydrogen-bond acceptors (Lipinski definition) is 4. The van der Waals surface area contributed by atoms with Crippen molar-refractivity contribution in [1.29, 1.82) is 0 Å². The zero-order chi connectivity index (χ0) is 13.7. The highest BCUT2D eigenvalue weighted by molar-refractivity contribution is 7.92. The third kappa shape index (κ3) is 5.36. The van der Waals surface area contributed by atoms with Crippen LogP contribution in [-0.2, 0) is 14.6 Å². The molecule has 0 aliphatic rings. The molecule has 0 spiro atoms. The Hall–Kier alpha value is -0.130. The molecule has 0 fully saturated rings. The summed E-state index contributed by atoms with van der Waals surface area (Å²) in [5.74, 6) is 0. The van der Waals surface area contributed by atoms with Crippen molar-refractivity contribution in [3.05, 3.63) is 0 Å². The van der Waals surface area contributed by atoms with E-state index in [0.29, 0.717) is 6.61 Å². The first-order valence-corrected chi connectivity index (χ1v) is 8.06. The van der Waals surface area contributed by atoms with Crippen LogP contribution in [0, 0.1) is 0 Å². The van der Waals surface area contributed by atoms with Gasteiger partial charge in [0.2, 0.25) is 0 Å². The molecule has 104 valence electrons. The molecule has 0 amide bonds. The third-order valence-corrected chi connectivity index (χ3v) is 5.23. The minimum absolute atomic E-state index is 0.108. The maximum Gasteiger partial charge on any atom is 0.154 e. The molecule has 0 aliphatic heterocycles. The number of sulfone groups is 1. The molecule has 0 radical (unpaired) electrons. The first-order chi connectivity index (χ1) is 7.63. The van der Waals surface area contributed by atoms with E-state index in [1.54, 1.807) is 13.8 Å². The summed E-state index contributed by atoms with van der Waals surface area (Å²) in [6.45, 7) is 10.7. The summed E-state index contributed by atoms with van der Waals surface area (Å²) >= 11 is 0. The van der Waals surface area contributed by atoms with Crippen molar-refractivity contribution in [2.45, 2.75) is 57.9 Å². The van der Waals surface area contributed by atoms with Crippen molar-refractivity contribution in [3.63, 3.8) is 0 Å². The lowest BCUT2D eigenvalue weighted by Crippen LogP contribution is -2.54. The second-order valence-electron chi connectivity index (χ2n) is 5.26. The van der Waals surface area contributed by atoms with Crippen LogP contribution in [0.25, 0.3) is 0 Å². The predicted octanol–water partition coefficient (Wildman–Crippen LogP) is 1.60. The third-order valence-electron chi connectivity index (χ3n) is 3.03. The number of rotatable bonds is 8. The Morgan fingerprint density at radius 1 is 1.29 bits per heavy atom. The van der Waals surface area contributed by atoms with Gasteiger partial charge in [-0.15, -0.1) is 0 Å². The van der Waals surface area contributed by atoms with Crippen molar-refractivity contribution in [2.24, 2.45) is 0 Å². The molecule has 4 nitrogen and oxygen atoms in total. The van der Waals surface area contributed by atoms with Crippen LogP contribution in [0.3, 0.4) is 0 Å². The summed E-state index contributed by atoms with van der Waals surface area (Å²) in [4.78, 5) is 0. The molecule has 0 bridgehead atoms. The van der Waals surface area contributed by atoms with Crippen LogP contribution in [0.15, 0.2) is 0 Å². The van der Waals surface area contributed by atoms with Gasteiger partial charge in [-0.25, -0.2) is 8.42 Å². The second-order valence-corrected chi connectivity index (χ2v) is 7.86. The summed E-state index contributed by atoms with van der Waals surface area (Å²) in [5.41, 5.74) is 0. The lowest BCUT2D eigenvalue weighted by atomic mass is 10.0. The molecule has 1 atom stereocenters. The summed E-state index contributed by atoms with van der Waals surface area (Å²) in [6, 6.07) is -0.181. The molecule has 0 saturated carbocycles. The zero-order valence-electron chi connectivity index (χ0n) is 11.9. The average Bonchev–Trinajstić information content (AvgIpc) is 2.15. The molecular formula is C12H27NO3S. The van der Waals surface area contributed by atoms with E-state index in [0.717, 1.165) is 13.0 Å². The van der Waals surface area contributed by atoms with E-state index in [1.165, 1.54) is 6.26 Å². The summed E-state index contributed by atoms with van der Waals surface area (Å²) in [5, 5.41) is 3.27. The Morgan fingerprint density at radius 2 is 1.82 bits per heavy atom. The quantitative estimate of drug-likeness (QED) is 0.724. The first kappa shape index (κ1) is 16.9. The lowest BCUT2D eigenvalue weighted by molar-refractivity contribution is 0.0546. The van der Waals surface area contributed by atoms with E-state index in [4.69, 9.17) is 4.74 Å². The standard InChI is InChI=1S/C12H27NO3S/c1-7-8-13-11(9-16-10(2)3)12(4,5)17(6,14)15/h10-11,13H,7-9H2,1-6H3. The van der Waals surface area contributed by atoms with Crippen molar-refractivity contribution >= 4 is 9.84 Å². The summed E-state index contributed by atoms with van der Waals surface area (Å²) in [7, 11) is -3.12. The van der Waals surface area contributed by atoms with Crippen molar-refractivity contribution in [2.75, 3.05) is 19.4 Å². The van der Waals surface area contributed by atoms with Crippen LogP contribution < -0.4 is 5.32 Å². The van der Waals surface area contributed by atoms with Gasteiger partial charge < -0.3 is 10.1 Å². The van der Waals surface area contributed by atoms with Gasteiger partial charge in [0, 0.05) is 12.3 Å². The van der Waals surface area contributed by atoms with Crippen molar-refractivity contribution in [1.82, 2.24) is 5.32 Å². The Kier molecular flexibility index (Phi) is 6.66. The Morgan fingerprint density at radius 3 is 2.18 bits per heavy atom. The maximum absolute atomic E-state index is 11.8. The molecule has 17 heavy (non-hydrogen) atoms. The van der Waals surface area contributed by atoms with Crippen LogP contribution in [0.5, 0.6) is 0 Å². The molecule has 0 aromatic rings. The number of ether oxygens (including phenoxy) is 1. The molecule has 0 aliphatic carbocycles. The van der Waals surface area contributed by atoms with Gasteiger partial charge in [-0.05, 0) is 40.7 Å². The van der Waals surface area contributed by atoms with E-state index in [-0.39, 0.29) is 12.1 Å². The smallest absolute Gasteiger partial charge is 0.154 e. The fourth-order valence-corrected chi connectivity index (χ4v) is 2.04. The predicted molar refractivity (Wildman–Crippen MR) is 72.1 cm³/mol. The largest absolute Gasteiger partial charge is 0.377 e. The first-order valence-electron chi connectivity index (χ1n) is 6.17. The second kappa shape index (κ2) is 6.71. The molecule has 0 saturated heterocycles. The van der Waals surface area contributed by atoms with Gasteiger partial charge in [0.05, 0.1) is 17.5 Å². The lowest BCUT2D eigenvalue weighted by Gasteiger charge is -2.33. The molecule has 1 N–H and O–H groups in total. The van der Waals surface area contributed by atoms with Crippen LogP contribution in [0.2, 0.25) is 0 Å². The monoisotopic (exact) mass is 265 g/mol. The van der Waals surface area contributed by atoms with E-state index < -0.39 is 14.6 Å². The van der Waals surface area contributed by atoms with Crippen LogP contribution in [0.4, 0.5) is 0 Å². The fourth-order valence-electron chi connectivity index (χ4n) is 1.37. The van der Waals surface area contributed by atoms with Gasteiger partial charge in [-0.1, -0.05) is 6.92 Å². The Bertz CT molecular complexity index is 310. The van der Waals surface area contributed by atoms with Gasteiger partial charge >= 0.3 is 0 Å². The molecule has 0 aromatic heterocycles.